The van der Waals surface area contributed by atoms with Crippen LogP contribution < -0.4 is 10.1 Å². The number of hydrogen-bond acceptors (Lipinski definition) is 3. The lowest BCUT2D eigenvalue weighted by molar-refractivity contribution is 0.376. The Bertz CT molecular complexity index is 419. The normalized spacial score (nSPS) is 27.9. The van der Waals surface area contributed by atoms with Gasteiger partial charge in [0, 0.05) is 24.7 Å². The molecule has 0 radical (unpaired) electrons. The standard InChI is InChI=1S/C14H20N2O/c1-16-6-5-10(9-16)13-8-15-14-4-3-11(17-2)7-12(13)14/h3-4,7,10,13,15H,5-6,8-9H2,1-2H3. The van der Waals surface area contributed by atoms with Crippen LogP contribution in [-0.2, 0) is 0 Å². The monoisotopic (exact) mass is 232 g/mol. The fraction of sp³-hybridized carbons (Fsp3) is 0.571. The van der Waals surface area contributed by atoms with Crippen molar-refractivity contribution in [3.63, 3.8) is 0 Å². The lowest BCUT2D eigenvalue weighted by atomic mass is 9.87. The van der Waals surface area contributed by atoms with Gasteiger partial charge in [0.05, 0.1) is 7.11 Å². The summed E-state index contributed by atoms with van der Waals surface area (Å²) in [6.07, 6.45) is 1.32. The molecule has 3 rings (SSSR count). The number of rotatable bonds is 2. The Labute approximate surface area is 103 Å². The van der Waals surface area contributed by atoms with E-state index in [2.05, 4.69) is 29.4 Å². The van der Waals surface area contributed by atoms with Crippen LogP contribution in [0.1, 0.15) is 17.9 Å². The second-order valence-electron chi connectivity index (χ2n) is 5.25. The number of benzene rings is 1. The zero-order chi connectivity index (χ0) is 11.8. The smallest absolute Gasteiger partial charge is 0.119 e. The summed E-state index contributed by atoms with van der Waals surface area (Å²) in [7, 11) is 3.96. The summed E-state index contributed by atoms with van der Waals surface area (Å²) in [6.45, 7) is 3.55. The molecule has 2 aliphatic heterocycles. The van der Waals surface area contributed by atoms with Crippen LogP contribution >= 0.6 is 0 Å². The van der Waals surface area contributed by atoms with Crippen LogP contribution in [0.4, 0.5) is 5.69 Å². The molecule has 1 saturated heterocycles. The summed E-state index contributed by atoms with van der Waals surface area (Å²) in [4.78, 5) is 2.43. The highest BCUT2D eigenvalue weighted by Crippen LogP contribution is 2.41. The van der Waals surface area contributed by atoms with Crippen molar-refractivity contribution in [3.05, 3.63) is 23.8 Å². The van der Waals surface area contributed by atoms with Gasteiger partial charge in [0.2, 0.25) is 0 Å². The lowest BCUT2D eigenvalue weighted by Crippen LogP contribution is -2.19. The first-order valence-corrected chi connectivity index (χ1v) is 6.38. The molecule has 0 saturated carbocycles. The molecular weight excluding hydrogens is 212 g/mol. The molecule has 3 heteroatoms. The van der Waals surface area contributed by atoms with Crippen LogP contribution in [0.5, 0.6) is 5.75 Å². The average molecular weight is 232 g/mol. The van der Waals surface area contributed by atoms with Gasteiger partial charge in [0.25, 0.3) is 0 Å². The summed E-state index contributed by atoms with van der Waals surface area (Å²) in [5.41, 5.74) is 2.75. The van der Waals surface area contributed by atoms with Gasteiger partial charge in [-0.15, -0.1) is 0 Å². The molecule has 1 N–H and O–H groups in total. The Kier molecular flexibility index (Phi) is 2.71. The van der Waals surface area contributed by atoms with E-state index >= 15 is 0 Å². The number of likely N-dealkylation sites (tertiary alicyclic amines) is 1. The zero-order valence-electron chi connectivity index (χ0n) is 10.6. The van der Waals surface area contributed by atoms with Gasteiger partial charge in [-0.25, -0.2) is 0 Å². The second-order valence-corrected chi connectivity index (χ2v) is 5.25. The van der Waals surface area contributed by atoms with E-state index in [4.69, 9.17) is 4.74 Å². The number of methoxy groups -OCH3 is 1. The van der Waals surface area contributed by atoms with E-state index < -0.39 is 0 Å². The predicted octanol–water partition coefficient (Wildman–Crippen LogP) is 2.16. The highest BCUT2D eigenvalue weighted by atomic mass is 16.5. The Morgan fingerprint density at radius 1 is 1.41 bits per heavy atom. The van der Waals surface area contributed by atoms with E-state index in [1.54, 1.807) is 7.11 Å². The van der Waals surface area contributed by atoms with Crippen molar-refractivity contribution >= 4 is 5.69 Å². The highest BCUT2D eigenvalue weighted by Gasteiger charge is 2.33. The van der Waals surface area contributed by atoms with Crippen molar-refractivity contribution in [1.29, 1.82) is 0 Å². The summed E-state index contributed by atoms with van der Waals surface area (Å²) in [5.74, 6) is 2.43. The minimum atomic E-state index is 0.657. The summed E-state index contributed by atoms with van der Waals surface area (Å²) in [6, 6.07) is 6.39. The van der Waals surface area contributed by atoms with Crippen molar-refractivity contribution < 1.29 is 4.74 Å². The minimum Gasteiger partial charge on any atom is -0.497 e. The minimum absolute atomic E-state index is 0.657. The third kappa shape index (κ3) is 1.89. The quantitative estimate of drug-likeness (QED) is 0.845. The molecule has 92 valence electrons. The number of nitrogens with one attached hydrogen (secondary N) is 1. The van der Waals surface area contributed by atoms with Gasteiger partial charge in [-0.1, -0.05) is 0 Å². The second kappa shape index (κ2) is 4.22. The van der Waals surface area contributed by atoms with Crippen LogP contribution in [0.25, 0.3) is 0 Å². The van der Waals surface area contributed by atoms with Crippen LogP contribution in [0.3, 0.4) is 0 Å². The molecule has 1 fully saturated rings. The van der Waals surface area contributed by atoms with Gasteiger partial charge in [0.1, 0.15) is 5.75 Å². The van der Waals surface area contributed by atoms with Crippen LogP contribution in [0, 0.1) is 5.92 Å². The maximum Gasteiger partial charge on any atom is 0.119 e. The average Bonchev–Trinajstić information content (AvgIpc) is 2.93. The molecule has 0 aromatic heterocycles. The number of ether oxygens (including phenoxy) is 1. The van der Waals surface area contributed by atoms with Gasteiger partial charge in [-0.05, 0) is 49.7 Å². The van der Waals surface area contributed by atoms with Crippen molar-refractivity contribution in [2.75, 3.05) is 39.1 Å². The van der Waals surface area contributed by atoms with Gasteiger partial charge in [-0.3, -0.25) is 0 Å². The molecular formula is C14H20N2O. The zero-order valence-corrected chi connectivity index (χ0v) is 10.6. The summed E-state index contributed by atoms with van der Waals surface area (Å²) >= 11 is 0. The first kappa shape index (κ1) is 10.9. The topological polar surface area (TPSA) is 24.5 Å². The number of hydrogen-bond donors (Lipinski definition) is 1. The fourth-order valence-corrected chi connectivity index (χ4v) is 3.18. The third-order valence-corrected chi connectivity index (χ3v) is 4.17. The number of nitrogens with zero attached hydrogens (tertiary/aromatic N) is 1. The van der Waals surface area contributed by atoms with E-state index in [9.17, 15) is 0 Å². The van der Waals surface area contributed by atoms with Crippen molar-refractivity contribution in [3.8, 4) is 5.75 Å². The SMILES string of the molecule is COc1ccc2c(c1)C(C1CCN(C)C1)CN2. The Balaban J connectivity index is 1.87. The van der Waals surface area contributed by atoms with Crippen LogP contribution in [0.2, 0.25) is 0 Å². The number of fused-ring (bicyclic) bond motifs is 1. The molecule has 2 heterocycles. The van der Waals surface area contributed by atoms with Gasteiger partial charge < -0.3 is 15.0 Å². The first-order chi connectivity index (χ1) is 8.28. The van der Waals surface area contributed by atoms with E-state index in [-0.39, 0.29) is 0 Å². The molecule has 2 aliphatic rings. The molecule has 2 atom stereocenters. The summed E-state index contributed by atoms with van der Waals surface area (Å²) in [5, 5.41) is 3.52. The van der Waals surface area contributed by atoms with Crippen molar-refractivity contribution in [2.45, 2.75) is 12.3 Å². The summed E-state index contributed by atoms with van der Waals surface area (Å²) < 4.78 is 5.33. The molecule has 2 unspecified atom stereocenters. The first-order valence-electron chi connectivity index (χ1n) is 6.38. The van der Waals surface area contributed by atoms with Crippen molar-refractivity contribution in [2.24, 2.45) is 5.92 Å². The highest BCUT2D eigenvalue weighted by molar-refractivity contribution is 5.60. The van der Waals surface area contributed by atoms with Crippen LogP contribution in [0.15, 0.2) is 18.2 Å². The van der Waals surface area contributed by atoms with Crippen molar-refractivity contribution in [1.82, 2.24) is 4.90 Å². The molecule has 1 aromatic carbocycles. The lowest BCUT2D eigenvalue weighted by Gasteiger charge is -2.18. The van der Waals surface area contributed by atoms with Gasteiger partial charge in [-0.2, -0.15) is 0 Å². The maximum absolute atomic E-state index is 5.33. The largest absolute Gasteiger partial charge is 0.497 e. The van der Waals surface area contributed by atoms with E-state index in [0.717, 1.165) is 18.2 Å². The Hall–Kier alpha value is -1.22. The molecule has 0 amide bonds. The molecule has 3 nitrogen and oxygen atoms in total. The van der Waals surface area contributed by atoms with E-state index in [1.807, 2.05) is 6.07 Å². The Morgan fingerprint density at radius 2 is 2.29 bits per heavy atom. The number of anilines is 1. The fourth-order valence-electron chi connectivity index (χ4n) is 3.18. The molecule has 1 aromatic rings. The molecule has 0 spiro atoms. The third-order valence-electron chi connectivity index (χ3n) is 4.17. The molecule has 0 aliphatic carbocycles. The van der Waals surface area contributed by atoms with Crippen LogP contribution in [-0.4, -0.2) is 38.7 Å². The predicted molar refractivity (Wildman–Crippen MR) is 69.8 cm³/mol. The molecule has 17 heavy (non-hydrogen) atoms. The Morgan fingerprint density at radius 3 is 3.00 bits per heavy atom. The van der Waals surface area contributed by atoms with Gasteiger partial charge in [0.15, 0.2) is 0 Å². The maximum atomic E-state index is 5.33. The van der Waals surface area contributed by atoms with Gasteiger partial charge >= 0.3 is 0 Å². The molecule has 0 bridgehead atoms. The van der Waals surface area contributed by atoms with E-state index in [1.165, 1.54) is 30.8 Å². The van der Waals surface area contributed by atoms with E-state index in [0.29, 0.717) is 5.92 Å².